The van der Waals surface area contributed by atoms with Crippen molar-refractivity contribution in [3.63, 3.8) is 0 Å². The number of carbonyl (C=O) groups excluding carboxylic acids is 1. The number of hydrogen-bond donors (Lipinski definition) is 3. The number of hydrogen-bond acceptors (Lipinski definition) is 2. The number of H-pyrrole nitrogens is 2. The zero-order chi connectivity index (χ0) is 13.6. The Bertz CT molecular complexity index is 714. The SMILES string of the molecule is CC1(NC(=O)c2cc(F)cc3[nH]c(=S)[nH]c23)CCC1. The first-order chi connectivity index (χ1) is 8.97. The fourth-order valence-electron chi connectivity index (χ4n) is 2.46. The van der Waals surface area contributed by atoms with Crippen molar-refractivity contribution < 1.29 is 9.18 Å². The third-order valence-electron chi connectivity index (χ3n) is 3.71. The van der Waals surface area contributed by atoms with E-state index in [0.29, 0.717) is 15.8 Å². The summed E-state index contributed by atoms with van der Waals surface area (Å²) in [4.78, 5) is 18.0. The van der Waals surface area contributed by atoms with Gasteiger partial charge in [-0.2, -0.15) is 0 Å². The van der Waals surface area contributed by atoms with Gasteiger partial charge in [-0.05, 0) is 50.5 Å². The number of rotatable bonds is 2. The lowest BCUT2D eigenvalue weighted by molar-refractivity contribution is 0.0851. The molecule has 0 saturated heterocycles. The molecular weight excluding hydrogens is 265 g/mol. The van der Waals surface area contributed by atoms with Crippen LogP contribution in [0.2, 0.25) is 0 Å². The highest BCUT2D eigenvalue weighted by molar-refractivity contribution is 7.71. The first-order valence-electron chi connectivity index (χ1n) is 6.21. The van der Waals surface area contributed by atoms with Gasteiger partial charge in [0, 0.05) is 5.54 Å². The minimum absolute atomic E-state index is 0.164. The maximum Gasteiger partial charge on any atom is 0.253 e. The van der Waals surface area contributed by atoms with Crippen LogP contribution in [0.15, 0.2) is 12.1 Å². The summed E-state index contributed by atoms with van der Waals surface area (Å²) in [5, 5.41) is 2.96. The number of aromatic amines is 2. The first kappa shape index (κ1) is 12.3. The Kier molecular flexibility index (Phi) is 2.70. The van der Waals surface area contributed by atoms with Crippen LogP contribution in [-0.4, -0.2) is 21.4 Å². The van der Waals surface area contributed by atoms with E-state index in [0.717, 1.165) is 19.3 Å². The van der Waals surface area contributed by atoms with Crippen LogP contribution in [0.3, 0.4) is 0 Å². The van der Waals surface area contributed by atoms with Crippen molar-refractivity contribution in [1.29, 1.82) is 0 Å². The lowest BCUT2D eigenvalue weighted by Gasteiger charge is -2.39. The lowest BCUT2D eigenvalue weighted by Crippen LogP contribution is -2.51. The van der Waals surface area contributed by atoms with E-state index in [2.05, 4.69) is 15.3 Å². The molecule has 0 atom stereocenters. The van der Waals surface area contributed by atoms with Crippen LogP contribution in [-0.2, 0) is 0 Å². The van der Waals surface area contributed by atoms with Gasteiger partial charge < -0.3 is 15.3 Å². The van der Waals surface area contributed by atoms with Gasteiger partial charge in [-0.15, -0.1) is 0 Å². The van der Waals surface area contributed by atoms with Crippen molar-refractivity contribution in [2.75, 3.05) is 0 Å². The number of halogens is 1. The third kappa shape index (κ3) is 2.16. The van der Waals surface area contributed by atoms with Crippen molar-refractivity contribution >= 4 is 29.2 Å². The molecule has 0 radical (unpaired) electrons. The first-order valence-corrected chi connectivity index (χ1v) is 6.62. The molecule has 0 unspecified atom stereocenters. The Hall–Kier alpha value is -1.69. The highest BCUT2D eigenvalue weighted by Crippen LogP contribution is 2.31. The molecule has 1 aromatic carbocycles. The van der Waals surface area contributed by atoms with Gasteiger partial charge >= 0.3 is 0 Å². The second-order valence-electron chi connectivity index (χ2n) is 5.32. The van der Waals surface area contributed by atoms with Crippen molar-refractivity contribution in [1.82, 2.24) is 15.3 Å². The van der Waals surface area contributed by atoms with E-state index in [1.165, 1.54) is 12.1 Å². The van der Waals surface area contributed by atoms with Crippen LogP contribution in [0.5, 0.6) is 0 Å². The van der Waals surface area contributed by atoms with E-state index in [1.54, 1.807) is 0 Å². The number of amides is 1. The topological polar surface area (TPSA) is 60.7 Å². The molecule has 1 saturated carbocycles. The van der Waals surface area contributed by atoms with Crippen molar-refractivity contribution in [2.45, 2.75) is 31.7 Å². The number of imidazole rings is 1. The van der Waals surface area contributed by atoms with Crippen LogP contribution < -0.4 is 5.32 Å². The lowest BCUT2D eigenvalue weighted by atomic mass is 9.78. The van der Waals surface area contributed by atoms with Gasteiger partial charge in [0.25, 0.3) is 5.91 Å². The summed E-state index contributed by atoms with van der Waals surface area (Å²) in [6.07, 6.45) is 3.03. The zero-order valence-corrected chi connectivity index (χ0v) is 11.3. The standard InChI is InChI=1S/C13H14FN3OS/c1-13(3-2-4-13)17-11(18)8-5-7(14)6-9-10(8)16-12(19)15-9/h5-6H,2-4H2,1H3,(H,17,18)(H2,15,16,19). The largest absolute Gasteiger partial charge is 0.347 e. The van der Waals surface area contributed by atoms with Gasteiger partial charge in [-0.25, -0.2) is 4.39 Å². The minimum Gasteiger partial charge on any atom is -0.347 e. The van der Waals surface area contributed by atoms with Gasteiger partial charge in [0.1, 0.15) is 5.82 Å². The van der Waals surface area contributed by atoms with E-state index in [9.17, 15) is 9.18 Å². The van der Waals surface area contributed by atoms with E-state index in [4.69, 9.17) is 12.2 Å². The van der Waals surface area contributed by atoms with E-state index < -0.39 is 5.82 Å². The Morgan fingerprint density at radius 2 is 2.16 bits per heavy atom. The molecule has 4 nitrogen and oxygen atoms in total. The Labute approximate surface area is 114 Å². The third-order valence-corrected chi connectivity index (χ3v) is 3.91. The molecule has 19 heavy (non-hydrogen) atoms. The second kappa shape index (κ2) is 4.16. The van der Waals surface area contributed by atoms with Gasteiger partial charge in [-0.3, -0.25) is 4.79 Å². The molecule has 100 valence electrons. The maximum atomic E-state index is 13.5. The molecule has 3 N–H and O–H groups in total. The molecule has 3 rings (SSSR count). The molecular formula is C13H14FN3OS. The summed E-state index contributed by atoms with van der Waals surface area (Å²) >= 11 is 4.98. The van der Waals surface area contributed by atoms with Crippen LogP contribution in [0.1, 0.15) is 36.5 Å². The molecule has 0 spiro atoms. The summed E-state index contributed by atoms with van der Waals surface area (Å²) in [6.45, 7) is 2.00. The molecule has 0 aliphatic heterocycles. The molecule has 1 amide bonds. The van der Waals surface area contributed by atoms with Crippen LogP contribution in [0.25, 0.3) is 11.0 Å². The Balaban J connectivity index is 2.03. The summed E-state index contributed by atoms with van der Waals surface area (Å²) in [5.41, 5.74) is 1.18. The van der Waals surface area contributed by atoms with Gasteiger partial charge in [0.15, 0.2) is 4.77 Å². The number of aromatic nitrogens is 2. The molecule has 1 fully saturated rings. The molecule has 1 aliphatic rings. The van der Waals surface area contributed by atoms with E-state index >= 15 is 0 Å². The highest BCUT2D eigenvalue weighted by Gasteiger charge is 2.33. The molecule has 1 aromatic heterocycles. The van der Waals surface area contributed by atoms with E-state index in [-0.39, 0.29) is 17.0 Å². The molecule has 1 aliphatic carbocycles. The zero-order valence-electron chi connectivity index (χ0n) is 10.5. The number of carbonyl (C=O) groups is 1. The smallest absolute Gasteiger partial charge is 0.253 e. The molecule has 2 aromatic rings. The fourth-order valence-corrected chi connectivity index (χ4v) is 2.67. The normalized spacial score (nSPS) is 17.2. The quantitative estimate of drug-likeness (QED) is 0.740. The summed E-state index contributed by atoms with van der Waals surface area (Å²) in [5.74, 6) is -0.724. The number of fused-ring (bicyclic) bond motifs is 1. The van der Waals surface area contributed by atoms with Crippen molar-refractivity contribution in [3.8, 4) is 0 Å². The van der Waals surface area contributed by atoms with Gasteiger partial charge in [0.05, 0.1) is 16.6 Å². The van der Waals surface area contributed by atoms with Crippen LogP contribution in [0.4, 0.5) is 4.39 Å². The fraction of sp³-hybridized carbons (Fsp3) is 0.385. The molecule has 0 bridgehead atoms. The average Bonchev–Trinajstić information content (AvgIpc) is 2.65. The summed E-state index contributed by atoms with van der Waals surface area (Å²) in [6, 6.07) is 2.56. The van der Waals surface area contributed by atoms with Crippen LogP contribution >= 0.6 is 12.2 Å². The van der Waals surface area contributed by atoms with E-state index in [1.807, 2.05) is 6.92 Å². The molecule has 1 heterocycles. The summed E-state index contributed by atoms with van der Waals surface area (Å²) < 4.78 is 13.9. The molecule has 6 heteroatoms. The monoisotopic (exact) mass is 279 g/mol. The van der Waals surface area contributed by atoms with Crippen LogP contribution in [0, 0.1) is 10.6 Å². The average molecular weight is 279 g/mol. The van der Waals surface area contributed by atoms with Crippen molar-refractivity contribution in [3.05, 3.63) is 28.3 Å². The highest BCUT2D eigenvalue weighted by atomic mass is 32.1. The Morgan fingerprint density at radius 3 is 2.79 bits per heavy atom. The van der Waals surface area contributed by atoms with Gasteiger partial charge in [-0.1, -0.05) is 0 Å². The predicted octanol–water partition coefficient (Wildman–Crippen LogP) is 3.04. The number of benzene rings is 1. The summed E-state index contributed by atoms with van der Waals surface area (Å²) in [7, 11) is 0. The van der Waals surface area contributed by atoms with Gasteiger partial charge in [0.2, 0.25) is 0 Å². The Morgan fingerprint density at radius 1 is 1.42 bits per heavy atom. The number of nitrogens with one attached hydrogen (secondary N) is 3. The maximum absolute atomic E-state index is 13.5. The van der Waals surface area contributed by atoms with Crippen molar-refractivity contribution in [2.24, 2.45) is 0 Å². The second-order valence-corrected chi connectivity index (χ2v) is 5.73. The minimum atomic E-state index is -0.457. The predicted molar refractivity (Wildman–Crippen MR) is 73.2 cm³/mol.